The molecule has 0 radical (unpaired) electrons. The number of thioether (sulfide) groups is 1. The van der Waals surface area contributed by atoms with Gasteiger partial charge in [0.25, 0.3) is 5.24 Å². The van der Waals surface area contributed by atoms with Crippen molar-refractivity contribution in [2.75, 3.05) is 26.2 Å². The van der Waals surface area contributed by atoms with E-state index in [1.165, 1.54) is 114 Å². The molecule has 1 heterocycles. The molecule has 0 unspecified atom stereocenters. The molecule has 0 atom stereocenters. The summed E-state index contributed by atoms with van der Waals surface area (Å²) in [4.78, 5) is 44.4. The Morgan fingerprint density at radius 1 is 0.545 bits per heavy atom. The van der Waals surface area contributed by atoms with Gasteiger partial charge in [-0.1, -0.05) is 142 Å². The van der Waals surface area contributed by atoms with Crippen LogP contribution in [-0.2, 0) is 19.1 Å². The average molecular weight is 795 g/mol. The molecule has 1 amide bonds. The van der Waals surface area contributed by atoms with Gasteiger partial charge in [0.05, 0.1) is 0 Å². The molecule has 7 nitrogen and oxygen atoms in total. The molecule has 1 fully saturated rings. The maximum absolute atomic E-state index is 13.7. The Balaban J connectivity index is 2.76. The number of carbonyl (C=O) groups excluding carboxylic acids is 3. The number of hydrogen-bond donors (Lipinski definition) is 0. The number of unbranched alkanes of at least 4 members (excludes halogenated alkanes) is 16. The quantitative estimate of drug-likeness (QED) is 0.0462. The fraction of sp³-hybridized carbons (Fsp3) is 0.936. The summed E-state index contributed by atoms with van der Waals surface area (Å²) in [5.74, 6) is -0.264. The normalized spacial score (nSPS) is 14.0. The van der Waals surface area contributed by atoms with E-state index in [0.29, 0.717) is 50.1 Å². The second-order valence-electron chi connectivity index (χ2n) is 16.9. The van der Waals surface area contributed by atoms with E-state index in [4.69, 9.17) is 9.47 Å². The molecular formula is C47H90N2O5S. The van der Waals surface area contributed by atoms with Gasteiger partial charge in [-0.05, 0) is 104 Å². The summed E-state index contributed by atoms with van der Waals surface area (Å²) in [5, 5.41) is 0.393. The van der Waals surface area contributed by atoms with Gasteiger partial charge < -0.3 is 19.3 Å². The van der Waals surface area contributed by atoms with Crippen LogP contribution in [0.1, 0.15) is 234 Å². The summed E-state index contributed by atoms with van der Waals surface area (Å²) < 4.78 is 12.2. The van der Waals surface area contributed by atoms with Crippen LogP contribution in [-0.4, -0.2) is 76.7 Å². The zero-order chi connectivity index (χ0) is 40.4. The molecule has 1 aliphatic heterocycles. The van der Waals surface area contributed by atoms with Crippen molar-refractivity contribution < 1.29 is 23.9 Å². The molecule has 55 heavy (non-hydrogen) atoms. The van der Waals surface area contributed by atoms with Crippen LogP contribution in [0.4, 0.5) is 4.79 Å². The third-order valence-electron chi connectivity index (χ3n) is 11.5. The SMILES string of the molecule is CCCCCCCC(CCCCCCC)OC(=O)CCCN(CCCC(=O)OC(CCCCCCC)CCCCCCC)C(=O)SC1CCN(C(C)C)CC1. The van der Waals surface area contributed by atoms with Gasteiger partial charge in [-0.2, -0.15) is 0 Å². The summed E-state index contributed by atoms with van der Waals surface area (Å²) in [6, 6.07) is 0.529. The van der Waals surface area contributed by atoms with E-state index in [0.717, 1.165) is 77.3 Å². The minimum atomic E-state index is -0.132. The first-order valence-electron chi connectivity index (χ1n) is 23.8. The van der Waals surface area contributed by atoms with Gasteiger partial charge in [0.2, 0.25) is 0 Å². The largest absolute Gasteiger partial charge is 0.462 e. The van der Waals surface area contributed by atoms with E-state index in [1.54, 1.807) is 0 Å². The van der Waals surface area contributed by atoms with Crippen molar-refractivity contribution in [1.29, 1.82) is 0 Å². The zero-order valence-electron chi connectivity index (χ0n) is 37.2. The highest BCUT2D eigenvalue weighted by molar-refractivity contribution is 8.14. The van der Waals surface area contributed by atoms with Crippen LogP contribution in [0.2, 0.25) is 0 Å². The van der Waals surface area contributed by atoms with Crippen LogP contribution in [0, 0.1) is 0 Å². The molecule has 0 saturated carbocycles. The number of nitrogens with zero attached hydrogens (tertiary/aromatic N) is 2. The van der Waals surface area contributed by atoms with Crippen molar-refractivity contribution in [3.8, 4) is 0 Å². The van der Waals surface area contributed by atoms with Gasteiger partial charge in [-0.25, -0.2) is 0 Å². The van der Waals surface area contributed by atoms with Crippen LogP contribution in [0.15, 0.2) is 0 Å². The van der Waals surface area contributed by atoms with Crippen molar-refractivity contribution in [3.63, 3.8) is 0 Å². The number of ether oxygens (including phenoxy) is 2. The first-order valence-corrected chi connectivity index (χ1v) is 24.7. The maximum atomic E-state index is 13.7. The second-order valence-corrected chi connectivity index (χ2v) is 18.2. The summed E-state index contributed by atoms with van der Waals surface area (Å²) >= 11 is 1.47. The second kappa shape index (κ2) is 35.8. The van der Waals surface area contributed by atoms with Crippen LogP contribution in [0.3, 0.4) is 0 Å². The third-order valence-corrected chi connectivity index (χ3v) is 12.7. The van der Waals surface area contributed by atoms with Crippen molar-refractivity contribution in [3.05, 3.63) is 0 Å². The molecule has 324 valence electrons. The lowest BCUT2D eigenvalue weighted by atomic mass is 10.0. The fourth-order valence-corrected chi connectivity index (χ4v) is 8.83. The summed E-state index contributed by atoms with van der Waals surface area (Å²) in [6.07, 6.45) is 31.9. The molecular weight excluding hydrogens is 705 g/mol. The standard InChI is InChI=1S/C47H90N2O5S/c1-7-11-15-19-23-29-42(30-24-20-16-12-8-2)53-45(50)33-27-37-49(47(52)55-44-35-39-48(40-36-44)41(5)6)38-28-34-46(51)54-43(31-25-21-17-13-9-3)32-26-22-18-14-10-4/h41-44H,7-40H2,1-6H3. The van der Waals surface area contributed by atoms with E-state index in [1.807, 2.05) is 4.90 Å². The van der Waals surface area contributed by atoms with Gasteiger partial charge in [-0.15, -0.1) is 0 Å². The lowest BCUT2D eigenvalue weighted by Gasteiger charge is -2.34. The van der Waals surface area contributed by atoms with E-state index < -0.39 is 0 Å². The van der Waals surface area contributed by atoms with Crippen molar-refractivity contribution in [2.45, 2.75) is 258 Å². The molecule has 0 aliphatic carbocycles. The van der Waals surface area contributed by atoms with Crippen LogP contribution in [0.25, 0.3) is 0 Å². The molecule has 0 aromatic rings. The Hall–Kier alpha value is -1.28. The first kappa shape index (κ1) is 51.7. The molecule has 0 aromatic carbocycles. The molecule has 8 heteroatoms. The predicted octanol–water partition coefficient (Wildman–Crippen LogP) is 13.8. The highest BCUT2D eigenvalue weighted by Crippen LogP contribution is 2.27. The summed E-state index contributed by atoms with van der Waals surface area (Å²) in [5.41, 5.74) is 0. The number of carbonyl (C=O) groups is 3. The zero-order valence-corrected chi connectivity index (χ0v) is 38.0. The van der Waals surface area contributed by atoms with E-state index in [9.17, 15) is 14.4 Å². The van der Waals surface area contributed by atoms with Crippen molar-refractivity contribution >= 4 is 28.9 Å². The third kappa shape index (κ3) is 28.7. The monoisotopic (exact) mass is 795 g/mol. The van der Waals surface area contributed by atoms with Crippen molar-refractivity contribution in [2.24, 2.45) is 0 Å². The van der Waals surface area contributed by atoms with E-state index in [2.05, 4.69) is 46.4 Å². The smallest absolute Gasteiger partial charge is 0.306 e. The van der Waals surface area contributed by atoms with Gasteiger partial charge in [0.1, 0.15) is 12.2 Å². The molecule has 1 rings (SSSR count). The fourth-order valence-electron chi connectivity index (χ4n) is 7.77. The van der Waals surface area contributed by atoms with Crippen LogP contribution in [0.5, 0.6) is 0 Å². The Kier molecular flexibility index (Phi) is 33.7. The Bertz CT molecular complexity index is 845. The van der Waals surface area contributed by atoms with Gasteiger partial charge in [0, 0.05) is 37.2 Å². The average Bonchev–Trinajstić information content (AvgIpc) is 3.16. The predicted molar refractivity (Wildman–Crippen MR) is 236 cm³/mol. The minimum absolute atomic E-state index is 0.00303. The van der Waals surface area contributed by atoms with E-state index in [-0.39, 0.29) is 29.4 Å². The molecule has 0 bridgehead atoms. The number of esters is 2. The Labute approximate surface area is 345 Å². The lowest BCUT2D eigenvalue weighted by Crippen LogP contribution is -2.40. The maximum Gasteiger partial charge on any atom is 0.306 e. The molecule has 1 saturated heterocycles. The number of amides is 1. The molecule has 0 spiro atoms. The summed E-state index contributed by atoms with van der Waals surface area (Å²) in [6.45, 7) is 16.5. The van der Waals surface area contributed by atoms with Crippen LogP contribution < -0.4 is 0 Å². The highest BCUT2D eigenvalue weighted by Gasteiger charge is 2.26. The van der Waals surface area contributed by atoms with Gasteiger partial charge in [0.15, 0.2) is 0 Å². The number of piperidine rings is 1. The molecule has 0 N–H and O–H groups in total. The topological polar surface area (TPSA) is 76.1 Å². The summed E-state index contributed by atoms with van der Waals surface area (Å²) in [7, 11) is 0. The number of rotatable bonds is 36. The number of hydrogen-bond acceptors (Lipinski definition) is 7. The van der Waals surface area contributed by atoms with Crippen molar-refractivity contribution in [1.82, 2.24) is 9.80 Å². The lowest BCUT2D eigenvalue weighted by molar-refractivity contribution is -0.150. The van der Waals surface area contributed by atoms with E-state index >= 15 is 0 Å². The minimum Gasteiger partial charge on any atom is -0.462 e. The molecule has 0 aromatic heterocycles. The highest BCUT2D eigenvalue weighted by atomic mass is 32.2. The Morgan fingerprint density at radius 3 is 1.22 bits per heavy atom. The van der Waals surface area contributed by atoms with Gasteiger partial charge in [-0.3, -0.25) is 14.4 Å². The van der Waals surface area contributed by atoms with Gasteiger partial charge >= 0.3 is 11.9 Å². The number of likely N-dealkylation sites (tertiary alicyclic amines) is 1. The molecule has 1 aliphatic rings. The first-order chi connectivity index (χ1) is 26.7. The van der Waals surface area contributed by atoms with Crippen LogP contribution >= 0.6 is 11.8 Å². The Morgan fingerprint density at radius 2 is 0.891 bits per heavy atom.